The number of ether oxygens (including phenoxy) is 1. The molecular weight excluding hydrogens is 428 g/mol. The number of amides is 1. The molecule has 4 aromatic rings. The third-order valence-electron chi connectivity index (χ3n) is 5.14. The Labute approximate surface area is 186 Å². The molecule has 1 amide bonds. The van der Waals surface area contributed by atoms with Crippen molar-refractivity contribution in [2.24, 2.45) is 0 Å². The molecule has 0 saturated carbocycles. The summed E-state index contributed by atoms with van der Waals surface area (Å²) in [6.07, 6.45) is 3.27. The van der Waals surface area contributed by atoms with E-state index in [1.807, 2.05) is 0 Å². The van der Waals surface area contributed by atoms with Gasteiger partial charge in [0.1, 0.15) is 22.8 Å². The lowest BCUT2D eigenvalue weighted by molar-refractivity contribution is 0.123. The zero-order valence-electron chi connectivity index (χ0n) is 17.6. The first-order valence-corrected chi connectivity index (χ1v) is 10.2. The van der Waals surface area contributed by atoms with Crippen LogP contribution in [-0.4, -0.2) is 50.3 Å². The molecule has 33 heavy (non-hydrogen) atoms. The van der Waals surface area contributed by atoms with Gasteiger partial charge in [0.15, 0.2) is 5.65 Å². The van der Waals surface area contributed by atoms with Crippen LogP contribution in [0.1, 0.15) is 5.56 Å². The molecule has 1 aliphatic heterocycles. The van der Waals surface area contributed by atoms with Gasteiger partial charge in [-0.2, -0.15) is 4.57 Å². The van der Waals surface area contributed by atoms with Gasteiger partial charge >= 0.3 is 11.7 Å². The van der Waals surface area contributed by atoms with Crippen molar-refractivity contribution < 1.29 is 9.53 Å². The van der Waals surface area contributed by atoms with Crippen molar-refractivity contribution in [3.63, 3.8) is 0 Å². The Bertz CT molecular complexity index is 1470. The summed E-state index contributed by atoms with van der Waals surface area (Å²) in [5.41, 5.74) is 0.999. The molecule has 1 aliphatic rings. The van der Waals surface area contributed by atoms with Gasteiger partial charge < -0.3 is 25.7 Å². The van der Waals surface area contributed by atoms with E-state index in [1.54, 1.807) is 49.8 Å². The smallest absolute Gasteiger partial charge is 0.336 e. The number of nitrogens with one attached hydrogen (secondary N) is 4. The zero-order chi connectivity index (χ0) is 22.9. The highest BCUT2D eigenvalue weighted by atomic mass is 16.5. The molecule has 4 bridgehead atoms. The number of aromatic nitrogens is 5. The van der Waals surface area contributed by atoms with E-state index in [2.05, 4.69) is 30.9 Å². The van der Waals surface area contributed by atoms with E-state index >= 15 is 0 Å². The Morgan fingerprint density at radius 2 is 2.06 bits per heavy atom. The third-order valence-corrected chi connectivity index (χ3v) is 5.14. The van der Waals surface area contributed by atoms with Crippen molar-refractivity contribution in [2.45, 2.75) is 6.61 Å². The summed E-state index contributed by atoms with van der Waals surface area (Å²) >= 11 is 0. The number of pyridine rings is 3. The maximum Gasteiger partial charge on any atom is 0.336 e. The number of rotatable bonds is 2. The Balaban J connectivity index is 1.72. The van der Waals surface area contributed by atoms with Crippen LogP contribution in [0.2, 0.25) is 0 Å². The van der Waals surface area contributed by atoms with Gasteiger partial charge in [-0.25, -0.2) is 19.6 Å². The number of carbonyl (C=O) groups is 1. The molecule has 168 valence electrons. The van der Waals surface area contributed by atoms with Crippen molar-refractivity contribution >= 4 is 34.4 Å². The lowest BCUT2D eigenvalue weighted by Gasteiger charge is -2.15. The predicted molar refractivity (Wildman–Crippen MR) is 121 cm³/mol. The molecule has 0 aliphatic carbocycles. The fraction of sp³-hybridized carbons (Fsp3) is 0.190. The first-order chi connectivity index (χ1) is 16.0. The number of hydrogen-bond acceptors (Lipinski definition) is 8. The van der Waals surface area contributed by atoms with Crippen LogP contribution in [0.25, 0.3) is 17.0 Å². The van der Waals surface area contributed by atoms with Crippen molar-refractivity contribution in [3.8, 4) is 5.82 Å². The highest BCUT2D eigenvalue weighted by Crippen LogP contribution is 2.25. The van der Waals surface area contributed by atoms with Crippen molar-refractivity contribution in [1.29, 1.82) is 0 Å². The Morgan fingerprint density at radius 3 is 2.85 bits per heavy atom. The molecule has 5 rings (SSSR count). The first kappa shape index (κ1) is 20.5. The van der Waals surface area contributed by atoms with E-state index in [1.165, 1.54) is 4.57 Å². The van der Waals surface area contributed by atoms with Crippen LogP contribution in [0.15, 0.2) is 52.3 Å². The number of anilines is 3. The molecule has 0 aromatic carbocycles. The molecular formula is C21H20N8O4. The number of carbonyl (C=O) groups excluding carboxylic acids is 1. The SMILES string of the molecule is CNc1cc2nc3c1[nH]c(=O)n3C(=O)NCCOCc1cc(c(=O)n(-c3ccccn3)c1)N2. The summed E-state index contributed by atoms with van der Waals surface area (Å²) in [6, 6.07) is 7.98. The summed E-state index contributed by atoms with van der Waals surface area (Å²) in [7, 11) is 1.68. The monoisotopic (exact) mass is 448 g/mol. The molecule has 12 nitrogen and oxygen atoms in total. The molecule has 0 unspecified atom stereocenters. The molecule has 4 N–H and O–H groups in total. The maximum atomic E-state index is 13.3. The summed E-state index contributed by atoms with van der Waals surface area (Å²) in [6.45, 7) is 0.581. The molecule has 5 heterocycles. The number of imidazole rings is 1. The Kier molecular flexibility index (Phi) is 5.11. The van der Waals surface area contributed by atoms with Gasteiger partial charge in [-0.05, 0) is 23.8 Å². The standard InChI is InChI=1S/C21H20N8O4/c1-22-13-9-15-25-14-8-12(10-28(19(14)30)16-4-2-3-5-23-16)11-33-7-6-24-20(31)29-18(26-15)17(13)27-21(29)32/h2-5,8-10H,6-7,11H2,1H3,(H,24,31)(H,27,32)(H2,22,25,26). The fourth-order valence-corrected chi connectivity index (χ4v) is 3.64. The molecule has 0 radical (unpaired) electrons. The first-order valence-electron chi connectivity index (χ1n) is 10.2. The van der Waals surface area contributed by atoms with Gasteiger partial charge in [-0.1, -0.05) is 6.07 Å². The van der Waals surface area contributed by atoms with Gasteiger partial charge in [-0.15, -0.1) is 0 Å². The summed E-state index contributed by atoms with van der Waals surface area (Å²) in [5, 5.41) is 8.67. The summed E-state index contributed by atoms with van der Waals surface area (Å²) in [4.78, 5) is 49.8. The minimum absolute atomic E-state index is 0.117. The van der Waals surface area contributed by atoms with Crippen LogP contribution >= 0.6 is 0 Å². The summed E-state index contributed by atoms with van der Waals surface area (Å²) < 4.78 is 8.01. The van der Waals surface area contributed by atoms with E-state index in [4.69, 9.17) is 4.74 Å². The molecule has 4 aromatic heterocycles. The molecule has 12 heteroatoms. The van der Waals surface area contributed by atoms with Gasteiger partial charge in [0.25, 0.3) is 5.56 Å². The normalized spacial score (nSPS) is 13.9. The quantitative estimate of drug-likeness (QED) is 0.357. The Morgan fingerprint density at radius 1 is 1.18 bits per heavy atom. The van der Waals surface area contributed by atoms with Crippen LogP contribution in [0.5, 0.6) is 0 Å². The van der Waals surface area contributed by atoms with E-state index in [-0.39, 0.29) is 42.5 Å². The Hall–Kier alpha value is -4.45. The number of nitrogens with zero attached hydrogens (tertiary/aromatic N) is 4. The van der Waals surface area contributed by atoms with Crippen molar-refractivity contribution in [2.75, 3.05) is 30.8 Å². The lowest BCUT2D eigenvalue weighted by atomic mass is 10.2. The fourth-order valence-electron chi connectivity index (χ4n) is 3.64. The average molecular weight is 448 g/mol. The van der Waals surface area contributed by atoms with Crippen LogP contribution in [0.4, 0.5) is 22.0 Å². The van der Waals surface area contributed by atoms with Gasteiger partial charge in [0, 0.05) is 32.1 Å². The van der Waals surface area contributed by atoms with Crippen LogP contribution < -0.4 is 27.2 Å². The second kappa shape index (κ2) is 8.24. The molecule has 0 atom stereocenters. The largest absolute Gasteiger partial charge is 0.386 e. The van der Waals surface area contributed by atoms with E-state index in [0.29, 0.717) is 17.0 Å². The average Bonchev–Trinajstić information content (AvgIpc) is 3.15. The third kappa shape index (κ3) is 3.72. The minimum atomic E-state index is -0.630. The highest BCUT2D eigenvalue weighted by Gasteiger charge is 2.19. The zero-order valence-corrected chi connectivity index (χ0v) is 17.6. The van der Waals surface area contributed by atoms with E-state index in [9.17, 15) is 14.4 Å². The molecule has 0 spiro atoms. The van der Waals surface area contributed by atoms with E-state index in [0.717, 1.165) is 10.1 Å². The van der Waals surface area contributed by atoms with Gasteiger partial charge in [0.2, 0.25) is 0 Å². The second-order valence-electron chi connectivity index (χ2n) is 7.30. The van der Waals surface area contributed by atoms with Crippen molar-refractivity contribution in [1.82, 2.24) is 29.4 Å². The summed E-state index contributed by atoms with van der Waals surface area (Å²) in [5.74, 6) is 0.728. The minimum Gasteiger partial charge on any atom is -0.386 e. The number of aromatic amines is 1. The van der Waals surface area contributed by atoms with Crippen LogP contribution in [0.3, 0.4) is 0 Å². The topological polar surface area (TPSA) is 148 Å². The maximum absolute atomic E-state index is 13.3. The number of hydrogen-bond donors (Lipinski definition) is 4. The molecule has 0 fully saturated rings. The predicted octanol–water partition coefficient (Wildman–Crippen LogP) is 1.14. The molecule has 0 saturated heterocycles. The van der Waals surface area contributed by atoms with Gasteiger partial charge in [0.05, 0.1) is 18.9 Å². The second-order valence-corrected chi connectivity index (χ2v) is 7.30. The number of H-pyrrole nitrogens is 1. The van der Waals surface area contributed by atoms with Crippen LogP contribution in [0, 0.1) is 0 Å². The lowest BCUT2D eigenvalue weighted by Crippen LogP contribution is -2.37. The van der Waals surface area contributed by atoms with Crippen molar-refractivity contribution in [3.05, 3.63) is 69.1 Å². The number of fused-ring (bicyclic) bond motifs is 3. The van der Waals surface area contributed by atoms with Gasteiger partial charge in [-0.3, -0.25) is 9.36 Å². The van der Waals surface area contributed by atoms with Crippen LogP contribution in [-0.2, 0) is 11.3 Å². The highest BCUT2D eigenvalue weighted by molar-refractivity contribution is 5.94. The van der Waals surface area contributed by atoms with E-state index < -0.39 is 11.7 Å².